The van der Waals surface area contributed by atoms with Gasteiger partial charge in [-0.1, -0.05) is 39.8 Å². The van der Waals surface area contributed by atoms with Gasteiger partial charge in [0.2, 0.25) is 53.2 Å². The number of aliphatic carboxylic acids is 4. The normalized spacial score (nSPS) is 14.7. The van der Waals surface area contributed by atoms with Crippen LogP contribution in [0.15, 0.2) is 24.3 Å². The van der Waals surface area contributed by atoms with E-state index >= 15 is 0 Å². The molecule has 19 N–H and O–H groups in total. The molecule has 0 unspecified atom stereocenters. The van der Waals surface area contributed by atoms with Crippen LogP contribution in [0.2, 0.25) is 0 Å². The number of aliphatic hydroxyl groups is 2. The molecule has 9 atom stereocenters. The van der Waals surface area contributed by atoms with Crippen LogP contribution in [0.1, 0.15) is 78.2 Å². The van der Waals surface area contributed by atoms with Gasteiger partial charge in [0.1, 0.15) is 54.1 Å². The first-order chi connectivity index (χ1) is 34.5. The van der Waals surface area contributed by atoms with Crippen LogP contribution >= 0.6 is 0 Å². The minimum atomic E-state index is -2.01. The van der Waals surface area contributed by atoms with Gasteiger partial charge in [0.25, 0.3) is 0 Å². The zero-order valence-corrected chi connectivity index (χ0v) is 40.8. The van der Waals surface area contributed by atoms with E-state index in [9.17, 15) is 93.0 Å². The molecular weight excluding hydrogens is 989 g/mol. The Hall–Kier alpha value is -7.99. The maximum atomic E-state index is 13.9. The van der Waals surface area contributed by atoms with Crippen molar-refractivity contribution in [1.29, 1.82) is 0 Å². The lowest BCUT2D eigenvalue weighted by Gasteiger charge is -2.29. The smallest absolute Gasteiger partial charge is 0.326 e. The van der Waals surface area contributed by atoms with Crippen LogP contribution in [0.4, 0.5) is 0 Å². The standard InChI is InChI=1S/C44H66N10O20/c1-19(2)13-25(37(66)49-27(15-33(61)62)39(68)53-30(18-56)41(70)47-24(44(73)74)10-12-32(59)60)51-43(72)35(20(3)4)54-40(69)28(16-34(63)64)50-38(67)26(14-21-5-7-22(57)8-6-21)48-42(71)29(17-55)52-36(65)23(45)9-11-31(46)58/h5-8,19-20,23-30,35,55-57H,9-18,45H2,1-4H3,(H2,46,58)(H,47,70)(H,48,71)(H,49,66)(H,50,67)(H,51,72)(H,52,65)(H,53,68)(H,54,69)(H,59,60)(H,61,62)(H,63,64)(H,73,74)/t23-,24-,25-,26-,27-,28-,29-,30-,35-/m0/s1. The fourth-order valence-corrected chi connectivity index (χ4v) is 6.58. The summed E-state index contributed by atoms with van der Waals surface area (Å²) in [5, 5.41) is 84.7. The molecule has 0 saturated carbocycles. The molecule has 0 spiro atoms. The van der Waals surface area contributed by atoms with Gasteiger partial charge in [0, 0.05) is 19.3 Å². The van der Waals surface area contributed by atoms with Crippen LogP contribution in [0.3, 0.4) is 0 Å². The molecule has 30 nitrogen and oxygen atoms in total. The maximum absolute atomic E-state index is 13.9. The molecule has 0 aliphatic rings. The zero-order chi connectivity index (χ0) is 56.6. The maximum Gasteiger partial charge on any atom is 0.326 e. The van der Waals surface area contributed by atoms with Gasteiger partial charge in [-0.25, -0.2) is 4.79 Å². The van der Waals surface area contributed by atoms with Crippen LogP contribution in [0.25, 0.3) is 0 Å². The number of aliphatic hydroxyl groups excluding tert-OH is 2. The lowest BCUT2D eigenvalue weighted by Crippen LogP contribution is -2.62. The Balaban J connectivity index is 3.43. The van der Waals surface area contributed by atoms with Crippen molar-refractivity contribution in [3.63, 3.8) is 0 Å². The molecule has 1 aromatic carbocycles. The molecule has 9 amide bonds. The van der Waals surface area contributed by atoms with E-state index in [0.29, 0.717) is 5.56 Å². The second kappa shape index (κ2) is 31.5. The first kappa shape index (κ1) is 64.0. The average molecular weight is 1060 g/mol. The zero-order valence-electron chi connectivity index (χ0n) is 40.8. The van der Waals surface area contributed by atoms with Gasteiger partial charge < -0.3 is 89.7 Å². The summed E-state index contributed by atoms with van der Waals surface area (Å²) < 4.78 is 0. The Morgan fingerprint density at radius 2 is 0.892 bits per heavy atom. The molecule has 0 saturated heterocycles. The Labute approximate surface area is 422 Å². The predicted octanol–water partition coefficient (Wildman–Crippen LogP) is -6.01. The highest BCUT2D eigenvalue weighted by atomic mass is 16.4. The number of nitrogens with two attached hydrogens (primary N) is 2. The van der Waals surface area contributed by atoms with Crippen LogP contribution in [-0.4, -0.2) is 180 Å². The number of carbonyl (C=O) groups excluding carboxylic acids is 9. The summed E-state index contributed by atoms with van der Waals surface area (Å²) in [6.45, 7) is 3.88. The first-order valence-corrected chi connectivity index (χ1v) is 22.8. The quantitative estimate of drug-likeness (QED) is 0.0305. The average Bonchev–Trinajstić information content (AvgIpc) is 3.30. The lowest BCUT2D eigenvalue weighted by molar-refractivity contribution is -0.144. The fraction of sp³-hybridized carbons (Fsp3) is 0.568. The van der Waals surface area contributed by atoms with E-state index < -0.39 is 189 Å². The molecule has 412 valence electrons. The topological polar surface area (TPSA) is 512 Å². The van der Waals surface area contributed by atoms with Crippen LogP contribution in [-0.2, 0) is 68.7 Å². The van der Waals surface area contributed by atoms with Crippen molar-refractivity contribution in [2.75, 3.05) is 13.2 Å². The number of carboxylic acid groups (broad SMARTS) is 4. The van der Waals surface area contributed by atoms with Crippen molar-refractivity contribution in [3.05, 3.63) is 29.8 Å². The highest BCUT2D eigenvalue weighted by molar-refractivity contribution is 5.99. The number of carboxylic acids is 4. The van der Waals surface area contributed by atoms with Crippen LogP contribution in [0, 0.1) is 11.8 Å². The van der Waals surface area contributed by atoms with Crippen molar-refractivity contribution in [2.24, 2.45) is 23.3 Å². The number of phenolic OH excluding ortho intramolecular Hbond substituents is 1. The Kier molecular flexibility index (Phi) is 27.2. The number of amides is 9. The largest absolute Gasteiger partial charge is 0.508 e. The van der Waals surface area contributed by atoms with E-state index in [0.717, 1.165) is 0 Å². The lowest BCUT2D eigenvalue weighted by atomic mass is 9.99. The molecule has 0 fully saturated rings. The number of rotatable bonds is 34. The van der Waals surface area contributed by atoms with Gasteiger partial charge in [-0.05, 0) is 48.8 Å². The van der Waals surface area contributed by atoms with Gasteiger partial charge in [-0.15, -0.1) is 0 Å². The molecule has 1 rings (SSSR count). The summed E-state index contributed by atoms with van der Waals surface area (Å²) >= 11 is 0. The van der Waals surface area contributed by atoms with Crippen LogP contribution in [0.5, 0.6) is 5.75 Å². The van der Waals surface area contributed by atoms with Gasteiger partial charge in [0.05, 0.1) is 32.1 Å². The number of hydrogen-bond acceptors (Lipinski definition) is 17. The van der Waals surface area contributed by atoms with E-state index in [1.54, 1.807) is 13.8 Å². The molecule has 0 aliphatic heterocycles. The van der Waals surface area contributed by atoms with E-state index in [2.05, 4.69) is 31.9 Å². The van der Waals surface area contributed by atoms with E-state index in [4.69, 9.17) is 16.6 Å². The summed E-state index contributed by atoms with van der Waals surface area (Å²) in [6, 6.07) is -10.5. The minimum Gasteiger partial charge on any atom is -0.508 e. The number of carbonyl (C=O) groups is 13. The molecule has 0 bridgehead atoms. The fourth-order valence-electron chi connectivity index (χ4n) is 6.58. The predicted molar refractivity (Wildman–Crippen MR) is 251 cm³/mol. The number of hydrogen-bond donors (Lipinski definition) is 17. The van der Waals surface area contributed by atoms with Crippen molar-refractivity contribution in [1.82, 2.24) is 42.5 Å². The second-order valence-electron chi connectivity index (χ2n) is 17.6. The van der Waals surface area contributed by atoms with Crippen molar-refractivity contribution < 1.29 is 98.1 Å². The first-order valence-electron chi connectivity index (χ1n) is 22.8. The minimum absolute atomic E-state index is 0.179. The monoisotopic (exact) mass is 1050 g/mol. The number of nitrogens with one attached hydrogen (secondary N) is 8. The number of primary amides is 1. The van der Waals surface area contributed by atoms with Gasteiger partial charge in [0.15, 0.2) is 0 Å². The molecule has 74 heavy (non-hydrogen) atoms. The third kappa shape index (κ3) is 23.5. The van der Waals surface area contributed by atoms with Crippen molar-refractivity contribution in [3.8, 4) is 5.75 Å². The summed E-state index contributed by atoms with van der Waals surface area (Å²) in [6.07, 6.45) is -4.62. The third-order valence-electron chi connectivity index (χ3n) is 10.6. The van der Waals surface area contributed by atoms with Crippen molar-refractivity contribution in [2.45, 2.75) is 133 Å². The molecule has 0 aliphatic carbocycles. The summed E-state index contributed by atoms with van der Waals surface area (Å²) in [4.78, 5) is 165. The van der Waals surface area contributed by atoms with Crippen LogP contribution < -0.4 is 54.0 Å². The highest BCUT2D eigenvalue weighted by Crippen LogP contribution is 2.14. The summed E-state index contributed by atoms with van der Waals surface area (Å²) in [5.74, 6) is -18.1. The van der Waals surface area contributed by atoms with E-state index in [-0.39, 0.29) is 25.0 Å². The Morgan fingerprint density at radius 1 is 0.486 bits per heavy atom. The summed E-state index contributed by atoms with van der Waals surface area (Å²) in [5.41, 5.74) is 11.1. The van der Waals surface area contributed by atoms with E-state index in [1.807, 2.05) is 10.6 Å². The highest BCUT2D eigenvalue weighted by Gasteiger charge is 2.37. The van der Waals surface area contributed by atoms with Gasteiger partial charge in [-0.2, -0.15) is 0 Å². The molecule has 1 aromatic rings. The number of benzene rings is 1. The molecular formula is C44H66N10O20. The molecule has 0 heterocycles. The van der Waals surface area contributed by atoms with Gasteiger partial charge >= 0.3 is 23.9 Å². The number of phenols is 1. The SMILES string of the molecule is CC(C)C[C@H](NC(=O)[C@@H](NC(=O)[C@H](CC(=O)O)NC(=O)[C@H](Cc1ccc(O)cc1)NC(=O)[C@H](CO)NC(=O)[C@@H](N)CCC(N)=O)C(C)C)C(=O)N[C@@H](CC(=O)O)C(=O)N[C@@H](CO)C(=O)N[C@@H](CCC(=O)O)C(=O)O. The van der Waals surface area contributed by atoms with Gasteiger partial charge in [-0.3, -0.25) is 57.5 Å². The molecule has 0 aromatic heterocycles. The third-order valence-corrected chi connectivity index (χ3v) is 10.6. The van der Waals surface area contributed by atoms with Crippen molar-refractivity contribution >= 4 is 77.0 Å². The second-order valence-corrected chi connectivity index (χ2v) is 17.6. The summed E-state index contributed by atoms with van der Waals surface area (Å²) in [7, 11) is 0. The number of aromatic hydroxyl groups is 1. The van der Waals surface area contributed by atoms with E-state index in [1.165, 1.54) is 38.1 Å². The molecule has 0 radical (unpaired) electrons. The Morgan fingerprint density at radius 3 is 1.32 bits per heavy atom. The Bertz CT molecular complexity index is 2190. The molecule has 30 heteroatoms.